The lowest BCUT2D eigenvalue weighted by Gasteiger charge is -2.27. The molecule has 1 saturated heterocycles. The Kier molecular flexibility index (Phi) is 7.89. The Bertz CT molecular complexity index is 520. The van der Waals surface area contributed by atoms with Crippen molar-refractivity contribution < 1.29 is 22.6 Å². The summed E-state index contributed by atoms with van der Waals surface area (Å²) in [6, 6.07) is 6.39. The van der Waals surface area contributed by atoms with Gasteiger partial charge in [0.1, 0.15) is 5.75 Å². The smallest absolute Gasteiger partial charge is 0.422 e. The number of hydrogen-bond acceptors (Lipinski definition) is 3. The van der Waals surface area contributed by atoms with E-state index in [1.807, 2.05) is 4.90 Å². The number of morpholine rings is 1. The molecule has 5 nitrogen and oxygen atoms in total. The van der Waals surface area contributed by atoms with Crippen molar-refractivity contribution in [3.63, 3.8) is 0 Å². The van der Waals surface area contributed by atoms with E-state index in [0.29, 0.717) is 32.3 Å². The van der Waals surface area contributed by atoms with E-state index in [0.717, 1.165) is 5.56 Å². The summed E-state index contributed by atoms with van der Waals surface area (Å²) < 4.78 is 46.3. The molecule has 2 N–H and O–H groups in total. The van der Waals surface area contributed by atoms with Crippen LogP contribution in [0.2, 0.25) is 0 Å². The van der Waals surface area contributed by atoms with Crippen molar-refractivity contribution in [2.24, 2.45) is 10.7 Å². The highest BCUT2D eigenvalue weighted by Crippen LogP contribution is 2.19. The Morgan fingerprint density at radius 1 is 1.30 bits per heavy atom. The molecule has 1 aliphatic heterocycles. The number of nitrogens with zero attached hydrogens (tertiary/aromatic N) is 2. The van der Waals surface area contributed by atoms with E-state index in [4.69, 9.17) is 15.2 Å². The molecule has 130 valence electrons. The fourth-order valence-electron chi connectivity index (χ4n) is 1.96. The summed E-state index contributed by atoms with van der Waals surface area (Å²) in [7, 11) is 0. The fraction of sp³-hybridized carbons (Fsp3) is 0.500. The molecule has 0 unspecified atom stereocenters. The number of hydrogen-bond donors (Lipinski definition) is 1. The van der Waals surface area contributed by atoms with Gasteiger partial charge in [0.05, 0.1) is 19.8 Å². The highest BCUT2D eigenvalue weighted by molar-refractivity contribution is 14.0. The molecule has 23 heavy (non-hydrogen) atoms. The second-order valence-corrected chi connectivity index (χ2v) is 4.83. The summed E-state index contributed by atoms with van der Waals surface area (Å²) in [6.45, 7) is 1.56. The van der Waals surface area contributed by atoms with Crippen LogP contribution in [0.15, 0.2) is 29.3 Å². The molecule has 0 atom stereocenters. The first-order valence-corrected chi connectivity index (χ1v) is 6.85. The van der Waals surface area contributed by atoms with E-state index in [1.165, 1.54) is 12.1 Å². The van der Waals surface area contributed by atoms with Crippen molar-refractivity contribution in [3.8, 4) is 5.75 Å². The molecular weight excluding hydrogens is 426 g/mol. The minimum Gasteiger partial charge on any atom is -0.484 e. The van der Waals surface area contributed by atoms with Gasteiger partial charge in [0, 0.05) is 13.1 Å². The Morgan fingerprint density at radius 2 is 2.00 bits per heavy atom. The zero-order chi connectivity index (χ0) is 16.0. The van der Waals surface area contributed by atoms with Crippen LogP contribution in [0.5, 0.6) is 5.75 Å². The summed E-state index contributed by atoms with van der Waals surface area (Å²) in [5.41, 5.74) is 6.62. The second kappa shape index (κ2) is 9.16. The highest BCUT2D eigenvalue weighted by atomic mass is 127. The van der Waals surface area contributed by atoms with Gasteiger partial charge in [-0.2, -0.15) is 13.2 Å². The van der Waals surface area contributed by atoms with Crippen LogP contribution in [-0.4, -0.2) is 49.9 Å². The largest absolute Gasteiger partial charge is 0.484 e. The van der Waals surface area contributed by atoms with Gasteiger partial charge in [-0.05, 0) is 17.7 Å². The van der Waals surface area contributed by atoms with E-state index in [-0.39, 0.29) is 36.3 Å². The number of benzene rings is 1. The summed E-state index contributed by atoms with van der Waals surface area (Å²) in [5, 5.41) is 0. The third-order valence-electron chi connectivity index (χ3n) is 3.06. The molecule has 0 aliphatic carbocycles. The molecule has 1 fully saturated rings. The number of alkyl halides is 3. The Labute approximate surface area is 149 Å². The van der Waals surface area contributed by atoms with Crippen molar-refractivity contribution in [1.82, 2.24) is 4.90 Å². The fourth-order valence-corrected chi connectivity index (χ4v) is 1.96. The van der Waals surface area contributed by atoms with Gasteiger partial charge < -0.3 is 20.1 Å². The molecule has 0 radical (unpaired) electrons. The molecule has 1 aliphatic rings. The van der Waals surface area contributed by atoms with Crippen LogP contribution in [0.3, 0.4) is 0 Å². The van der Waals surface area contributed by atoms with Gasteiger partial charge in [0.25, 0.3) is 0 Å². The monoisotopic (exact) mass is 445 g/mol. The molecule has 0 saturated carbocycles. The lowest BCUT2D eigenvalue weighted by molar-refractivity contribution is -0.153. The van der Waals surface area contributed by atoms with Gasteiger partial charge in [-0.3, -0.25) is 0 Å². The Balaban J connectivity index is 0.00000264. The standard InChI is InChI=1S/C14H18F3N3O2.HI/c15-14(16,17)10-22-12-3-1-2-11(8-12)9-19-13(18)20-4-6-21-7-5-20;/h1-3,8H,4-7,9-10H2,(H2,18,19);1H. The number of guanidine groups is 1. The van der Waals surface area contributed by atoms with E-state index in [2.05, 4.69) is 4.99 Å². The number of nitrogens with two attached hydrogens (primary N) is 1. The summed E-state index contributed by atoms with van der Waals surface area (Å²) in [5.74, 6) is 0.569. The van der Waals surface area contributed by atoms with E-state index in [9.17, 15) is 13.2 Å². The molecule has 0 aromatic heterocycles. The third-order valence-corrected chi connectivity index (χ3v) is 3.06. The van der Waals surface area contributed by atoms with Crippen LogP contribution in [0.25, 0.3) is 0 Å². The van der Waals surface area contributed by atoms with Gasteiger partial charge >= 0.3 is 6.18 Å². The SMILES string of the molecule is I.NC(=NCc1cccc(OCC(F)(F)F)c1)N1CCOCC1. The highest BCUT2D eigenvalue weighted by Gasteiger charge is 2.28. The van der Waals surface area contributed by atoms with Crippen molar-refractivity contribution in [1.29, 1.82) is 0 Å². The van der Waals surface area contributed by atoms with Crippen LogP contribution in [0.1, 0.15) is 5.56 Å². The Morgan fingerprint density at radius 3 is 2.65 bits per heavy atom. The molecule has 1 aromatic carbocycles. The molecule has 1 heterocycles. The van der Waals surface area contributed by atoms with Gasteiger partial charge in [0.2, 0.25) is 0 Å². The summed E-state index contributed by atoms with van der Waals surface area (Å²) in [4.78, 5) is 6.17. The third kappa shape index (κ3) is 7.25. The van der Waals surface area contributed by atoms with E-state index < -0.39 is 12.8 Å². The van der Waals surface area contributed by atoms with Crippen LogP contribution in [0, 0.1) is 0 Å². The molecule has 0 bridgehead atoms. The van der Waals surface area contributed by atoms with Gasteiger partial charge in [-0.15, -0.1) is 24.0 Å². The molecule has 2 rings (SSSR count). The molecule has 0 amide bonds. The quantitative estimate of drug-likeness (QED) is 0.440. The van der Waals surface area contributed by atoms with Gasteiger partial charge in [0.15, 0.2) is 12.6 Å². The first-order chi connectivity index (χ1) is 10.4. The van der Waals surface area contributed by atoms with Gasteiger partial charge in [-0.25, -0.2) is 4.99 Å². The number of ether oxygens (including phenoxy) is 2. The maximum atomic E-state index is 12.1. The zero-order valence-corrected chi connectivity index (χ0v) is 14.7. The normalized spacial score (nSPS) is 16.0. The molecule has 9 heteroatoms. The Hall–Kier alpha value is -1.23. The number of aliphatic imine (C=N–C) groups is 1. The summed E-state index contributed by atoms with van der Waals surface area (Å²) in [6.07, 6.45) is -4.35. The average Bonchev–Trinajstić information content (AvgIpc) is 2.51. The van der Waals surface area contributed by atoms with Crippen molar-refractivity contribution in [3.05, 3.63) is 29.8 Å². The van der Waals surface area contributed by atoms with Crippen molar-refractivity contribution in [2.75, 3.05) is 32.9 Å². The minimum atomic E-state index is -4.35. The van der Waals surface area contributed by atoms with E-state index >= 15 is 0 Å². The lowest BCUT2D eigenvalue weighted by atomic mass is 10.2. The first-order valence-electron chi connectivity index (χ1n) is 6.85. The summed E-state index contributed by atoms with van der Waals surface area (Å²) >= 11 is 0. The van der Waals surface area contributed by atoms with Crippen LogP contribution >= 0.6 is 24.0 Å². The zero-order valence-electron chi connectivity index (χ0n) is 12.4. The molecule has 0 spiro atoms. The molecular formula is C14H19F3IN3O2. The average molecular weight is 445 g/mol. The second-order valence-electron chi connectivity index (χ2n) is 4.83. The predicted octanol–water partition coefficient (Wildman–Crippen LogP) is 2.39. The predicted molar refractivity (Wildman–Crippen MR) is 91.1 cm³/mol. The van der Waals surface area contributed by atoms with Crippen LogP contribution in [0.4, 0.5) is 13.2 Å². The number of rotatable bonds is 4. The van der Waals surface area contributed by atoms with Gasteiger partial charge in [-0.1, -0.05) is 12.1 Å². The van der Waals surface area contributed by atoms with E-state index in [1.54, 1.807) is 12.1 Å². The topological polar surface area (TPSA) is 60.1 Å². The molecule has 1 aromatic rings. The minimum absolute atomic E-state index is 0. The maximum Gasteiger partial charge on any atom is 0.422 e. The lowest BCUT2D eigenvalue weighted by Crippen LogP contribution is -2.44. The van der Waals surface area contributed by atoms with Crippen molar-refractivity contribution in [2.45, 2.75) is 12.7 Å². The maximum absolute atomic E-state index is 12.1. The van der Waals surface area contributed by atoms with Crippen LogP contribution in [-0.2, 0) is 11.3 Å². The van der Waals surface area contributed by atoms with Crippen LogP contribution < -0.4 is 10.5 Å². The number of halogens is 4. The van der Waals surface area contributed by atoms with Crippen molar-refractivity contribution >= 4 is 29.9 Å². The first kappa shape index (κ1) is 19.8.